The third-order valence-electron chi connectivity index (χ3n) is 3.66. The molecule has 0 spiro atoms. The summed E-state index contributed by atoms with van der Waals surface area (Å²) in [6.07, 6.45) is 7.81. The normalized spacial score (nSPS) is 17.2. The maximum absolute atomic E-state index is 11.7. The molecule has 1 heterocycles. The van der Waals surface area contributed by atoms with Crippen LogP contribution in [0.1, 0.15) is 62.6 Å². The molecule has 1 aromatic heterocycles. The van der Waals surface area contributed by atoms with Gasteiger partial charge in [0.25, 0.3) is 5.56 Å². The summed E-state index contributed by atoms with van der Waals surface area (Å²) in [5, 5.41) is 9.85. The highest BCUT2D eigenvalue weighted by Crippen LogP contribution is 2.32. The second-order valence-electron chi connectivity index (χ2n) is 5.02. The monoisotopic (exact) mass is 235 g/mol. The first-order valence-corrected chi connectivity index (χ1v) is 6.67. The minimum Gasteiger partial charge on any atom is -0.425 e. The van der Waals surface area contributed by atoms with Gasteiger partial charge in [0.15, 0.2) is 0 Å². The maximum atomic E-state index is 11.7. The summed E-state index contributed by atoms with van der Waals surface area (Å²) in [7, 11) is 0. The van der Waals surface area contributed by atoms with E-state index in [0.717, 1.165) is 41.7 Å². The first kappa shape index (κ1) is 12.2. The number of nitrogens with zero attached hydrogens (tertiary/aromatic N) is 1. The summed E-state index contributed by atoms with van der Waals surface area (Å²) in [6, 6.07) is 3.57. The zero-order chi connectivity index (χ0) is 12.3. The zero-order valence-electron chi connectivity index (χ0n) is 10.5. The predicted octanol–water partition coefficient (Wildman–Crippen LogP) is 3.09. The van der Waals surface area contributed by atoms with Crippen LogP contribution in [0.4, 0.5) is 0 Å². The number of pyridine rings is 1. The molecule has 1 N–H and O–H groups in total. The van der Waals surface area contributed by atoms with Crippen molar-refractivity contribution in [2.45, 2.75) is 57.8 Å². The van der Waals surface area contributed by atoms with E-state index >= 15 is 0 Å². The van der Waals surface area contributed by atoms with Gasteiger partial charge < -0.3 is 5.21 Å². The molecule has 0 unspecified atom stereocenters. The van der Waals surface area contributed by atoms with Crippen molar-refractivity contribution >= 4 is 0 Å². The molecule has 1 aromatic rings. The Morgan fingerprint density at radius 1 is 1.29 bits per heavy atom. The summed E-state index contributed by atoms with van der Waals surface area (Å²) in [5.74, 6) is 0.359. The minimum atomic E-state index is -0.281. The molecule has 1 aliphatic rings. The molecule has 94 valence electrons. The van der Waals surface area contributed by atoms with Crippen LogP contribution in [0.2, 0.25) is 0 Å². The Bertz CT molecular complexity index is 430. The quantitative estimate of drug-likeness (QED) is 0.818. The van der Waals surface area contributed by atoms with Gasteiger partial charge in [-0.15, -0.1) is 0 Å². The highest BCUT2D eigenvalue weighted by atomic mass is 16.5. The van der Waals surface area contributed by atoms with Crippen molar-refractivity contribution in [3.05, 3.63) is 33.7 Å². The summed E-state index contributed by atoms with van der Waals surface area (Å²) in [5.41, 5.74) is 1.60. The van der Waals surface area contributed by atoms with Crippen LogP contribution < -0.4 is 5.56 Å². The lowest BCUT2D eigenvalue weighted by molar-refractivity contribution is 0.156. The molecular weight excluding hydrogens is 214 g/mol. The molecule has 0 saturated heterocycles. The van der Waals surface area contributed by atoms with Crippen LogP contribution in [0.15, 0.2) is 16.9 Å². The SMILES string of the molecule is CCCc1cc(C2CCCCC2)n(O)c(=O)c1. The van der Waals surface area contributed by atoms with Crippen molar-refractivity contribution < 1.29 is 5.21 Å². The van der Waals surface area contributed by atoms with Crippen molar-refractivity contribution in [3.63, 3.8) is 0 Å². The Labute approximate surface area is 102 Å². The minimum absolute atomic E-state index is 0.281. The number of hydrogen-bond donors (Lipinski definition) is 1. The predicted molar refractivity (Wildman–Crippen MR) is 67.7 cm³/mol. The maximum Gasteiger partial charge on any atom is 0.283 e. The lowest BCUT2D eigenvalue weighted by Gasteiger charge is -2.23. The van der Waals surface area contributed by atoms with Crippen molar-refractivity contribution in [2.75, 3.05) is 0 Å². The smallest absolute Gasteiger partial charge is 0.283 e. The topological polar surface area (TPSA) is 42.2 Å². The molecule has 3 heteroatoms. The van der Waals surface area contributed by atoms with Gasteiger partial charge in [-0.3, -0.25) is 4.79 Å². The van der Waals surface area contributed by atoms with Gasteiger partial charge in [0.05, 0.1) is 5.69 Å². The Morgan fingerprint density at radius 2 is 2.00 bits per heavy atom. The van der Waals surface area contributed by atoms with Gasteiger partial charge in [0.2, 0.25) is 0 Å². The van der Waals surface area contributed by atoms with Crippen LogP contribution in [-0.4, -0.2) is 9.94 Å². The molecule has 0 aliphatic heterocycles. The van der Waals surface area contributed by atoms with E-state index in [1.165, 1.54) is 19.3 Å². The molecule has 0 atom stereocenters. The van der Waals surface area contributed by atoms with Crippen molar-refractivity contribution in [1.82, 2.24) is 4.73 Å². The number of aromatic nitrogens is 1. The van der Waals surface area contributed by atoms with E-state index in [4.69, 9.17) is 0 Å². The molecule has 3 nitrogen and oxygen atoms in total. The van der Waals surface area contributed by atoms with Gasteiger partial charge in [-0.25, -0.2) is 0 Å². The highest BCUT2D eigenvalue weighted by molar-refractivity contribution is 5.20. The summed E-state index contributed by atoms with van der Waals surface area (Å²) < 4.78 is 0.856. The second-order valence-corrected chi connectivity index (χ2v) is 5.02. The standard InChI is InChI=1S/C14H21NO2/c1-2-6-11-9-13(15(17)14(16)10-11)12-7-4-3-5-8-12/h9-10,12,17H,2-8H2,1H3. The fourth-order valence-electron chi connectivity index (χ4n) is 2.76. The first-order chi connectivity index (χ1) is 8.22. The Kier molecular flexibility index (Phi) is 3.87. The van der Waals surface area contributed by atoms with Crippen molar-refractivity contribution in [3.8, 4) is 0 Å². The largest absolute Gasteiger partial charge is 0.425 e. The molecule has 17 heavy (non-hydrogen) atoms. The van der Waals surface area contributed by atoms with E-state index in [2.05, 4.69) is 6.92 Å². The summed E-state index contributed by atoms with van der Waals surface area (Å²) in [4.78, 5) is 11.7. The molecule has 0 aromatic carbocycles. The number of aryl methyl sites for hydroxylation is 1. The van der Waals surface area contributed by atoms with E-state index in [0.29, 0.717) is 5.92 Å². The summed E-state index contributed by atoms with van der Waals surface area (Å²) >= 11 is 0. The Hall–Kier alpha value is -1.25. The average Bonchev–Trinajstić information content (AvgIpc) is 2.35. The van der Waals surface area contributed by atoms with Crippen LogP contribution >= 0.6 is 0 Å². The van der Waals surface area contributed by atoms with Crippen LogP contribution in [0.3, 0.4) is 0 Å². The van der Waals surface area contributed by atoms with Crippen molar-refractivity contribution in [1.29, 1.82) is 0 Å². The van der Waals surface area contributed by atoms with Gasteiger partial charge in [-0.05, 0) is 30.9 Å². The fraction of sp³-hybridized carbons (Fsp3) is 0.643. The van der Waals surface area contributed by atoms with Crippen LogP contribution in [0.5, 0.6) is 0 Å². The fourth-order valence-corrected chi connectivity index (χ4v) is 2.76. The van der Waals surface area contributed by atoms with E-state index in [9.17, 15) is 10.0 Å². The van der Waals surface area contributed by atoms with Gasteiger partial charge >= 0.3 is 0 Å². The number of hydrogen-bond acceptors (Lipinski definition) is 2. The van der Waals surface area contributed by atoms with Gasteiger partial charge in [0.1, 0.15) is 0 Å². The van der Waals surface area contributed by atoms with E-state index in [1.807, 2.05) is 6.07 Å². The highest BCUT2D eigenvalue weighted by Gasteiger charge is 2.19. The van der Waals surface area contributed by atoms with E-state index in [1.54, 1.807) is 6.07 Å². The lowest BCUT2D eigenvalue weighted by Crippen LogP contribution is -2.24. The van der Waals surface area contributed by atoms with Crippen LogP contribution in [-0.2, 0) is 6.42 Å². The average molecular weight is 235 g/mol. The molecule has 1 aliphatic carbocycles. The molecule has 1 fully saturated rings. The van der Waals surface area contributed by atoms with Crippen molar-refractivity contribution in [2.24, 2.45) is 0 Å². The Morgan fingerprint density at radius 3 is 2.65 bits per heavy atom. The molecule has 1 saturated carbocycles. The Balaban J connectivity index is 2.33. The van der Waals surface area contributed by atoms with E-state index < -0.39 is 0 Å². The molecule has 2 rings (SSSR count). The lowest BCUT2D eigenvalue weighted by atomic mass is 9.86. The zero-order valence-corrected chi connectivity index (χ0v) is 10.5. The number of rotatable bonds is 3. The summed E-state index contributed by atoms with van der Waals surface area (Å²) in [6.45, 7) is 2.10. The molecule has 0 bridgehead atoms. The molecule has 0 amide bonds. The van der Waals surface area contributed by atoms with Crippen LogP contribution in [0, 0.1) is 0 Å². The first-order valence-electron chi connectivity index (χ1n) is 6.67. The van der Waals surface area contributed by atoms with Gasteiger partial charge in [-0.2, -0.15) is 4.73 Å². The third kappa shape index (κ3) is 2.71. The van der Waals surface area contributed by atoms with E-state index in [-0.39, 0.29) is 5.56 Å². The van der Waals surface area contributed by atoms with Crippen LogP contribution in [0.25, 0.3) is 0 Å². The molecular formula is C14H21NO2. The van der Waals surface area contributed by atoms with Gasteiger partial charge in [-0.1, -0.05) is 32.6 Å². The third-order valence-corrected chi connectivity index (χ3v) is 3.66. The molecule has 0 radical (unpaired) electrons. The second kappa shape index (κ2) is 5.39. The van der Waals surface area contributed by atoms with Gasteiger partial charge in [0, 0.05) is 12.0 Å².